The third-order valence-corrected chi connectivity index (χ3v) is 2.96. The molecule has 0 unspecified atom stereocenters. The molecule has 0 bridgehead atoms. The first kappa shape index (κ1) is 12.8. The Morgan fingerprint density at radius 1 is 1.62 bits per heavy atom. The van der Waals surface area contributed by atoms with Crippen molar-refractivity contribution in [3.8, 4) is 0 Å². The molecule has 0 N–H and O–H groups in total. The van der Waals surface area contributed by atoms with Gasteiger partial charge in [0.05, 0.1) is 22.7 Å². The molecule has 0 atom stereocenters. The SMILES string of the molecule is COC(=O)CSc1ccc(Cl)cc1[N+](=O)[O-]. The van der Waals surface area contributed by atoms with Crippen LogP contribution in [-0.4, -0.2) is 23.8 Å². The van der Waals surface area contributed by atoms with E-state index < -0.39 is 10.9 Å². The van der Waals surface area contributed by atoms with Crippen LogP contribution in [0, 0.1) is 10.1 Å². The molecule has 1 aromatic rings. The van der Waals surface area contributed by atoms with E-state index in [2.05, 4.69) is 4.74 Å². The molecule has 0 aliphatic rings. The summed E-state index contributed by atoms with van der Waals surface area (Å²) in [5.41, 5.74) is -0.110. The van der Waals surface area contributed by atoms with Crippen molar-refractivity contribution in [1.82, 2.24) is 0 Å². The number of methoxy groups -OCH3 is 1. The third-order valence-electron chi connectivity index (χ3n) is 1.69. The van der Waals surface area contributed by atoms with E-state index in [0.717, 1.165) is 11.8 Å². The molecule has 7 heteroatoms. The zero-order valence-corrected chi connectivity index (χ0v) is 9.88. The van der Waals surface area contributed by atoms with Crippen molar-refractivity contribution < 1.29 is 14.5 Å². The summed E-state index contributed by atoms with van der Waals surface area (Å²) in [5.74, 6) is -0.409. The maximum Gasteiger partial charge on any atom is 0.315 e. The van der Waals surface area contributed by atoms with Gasteiger partial charge in [0.2, 0.25) is 0 Å². The molecule has 16 heavy (non-hydrogen) atoms. The minimum Gasteiger partial charge on any atom is -0.468 e. The number of thioether (sulfide) groups is 1. The van der Waals surface area contributed by atoms with Crippen molar-refractivity contribution in [3.05, 3.63) is 33.3 Å². The van der Waals surface area contributed by atoms with E-state index in [-0.39, 0.29) is 16.5 Å². The maximum atomic E-state index is 10.9. The quantitative estimate of drug-likeness (QED) is 0.360. The Kier molecular flexibility index (Phi) is 4.57. The van der Waals surface area contributed by atoms with Crippen LogP contribution in [0.2, 0.25) is 5.02 Å². The highest BCUT2D eigenvalue weighted by Crippen LogP contribution is 2.31. The molecule has 0 spiro atoms. The van der Waals surface area contributed by atoms with Gasteiger partial charge in [-0.3, -0.25) is 14.9 Å². The molecule has 0 fully saturated rings. The number of rotatable bonds is 4. The lowest BCUT2D eigenvalue weighted by Crippen LogP contribution is -2.03. The van der Waals surface area contributed by atoms with Gasteiger partial charge in [0.15, 0.2) is 0 Å². The predicted octanol–water partition coefficient (Wildman–Crippen LogP) is 2.51. The van der Waals surface area contributed by atoms with Crippen LogP contribution in [0.5, 0.6) is 0 Å². The fourth-order valence-corrected chi connectivity index (χ4v) is 1.95. The van der Waals surface area contributed by atoms with Crippen molar-refractivity contribution in [1.29, 1.82) is 0 Å². The van der Waals surface area contributed by atoms with Crippen LogP contribution in [0.25, 0.3) is 0 Å². The largest absolute Gasteiger partial charge is 0.468 e. The standard InChI is InChI=1S/C9H8ClNO4S/c1-15-9(12)5-16-8-3-2-6(10)4-7(8)11(13)14/h2-4H,5H2,1H3. The highest BCUT2D eigenvalue weighted by atomic mass is 35.5. The fourth-order valence-electron chi connectivity index (χ4n) is 0.951. The van der Waals surface area contributed by atoms with E-state index in [9.17, 15) is 14.9 Å². The highest BCUT2D eigenvalue weighted by Gasteiger charge is 2.15. The lowest BCUT2D eigenvalue weighted by Gasteiger charge is -2.02. The van der Waals surface area contributed by atoms with Crippen LogP contribution in [0.1, 0.15) is 0 Å². The van der Waals surface area contributed by atoms with Crippen LogP contribution in [0.15, 0.2) is 23.1 Å². The Morgan fingerprint density at radius 3 is 2.88 bits per heavy atom. The number of carbonyl (C=O) groups is 1. The van der Waals surface area contributed by atoms with Crippen LogP contribution in [0.3, 0.4) is 0 Å². The van der Waals surface area contributed by atoms with E-state index in [1.807, 2.05) is 0 Å². The summed E-state index contributed by atoms with van der Waals surface area (Å²) in [7, 11) is 1.26. The molecule has 86 valence electrons. The molecule has 0 aliphatic heterocycles. The van der Waals surface area contributed by atoms with E-state index >= 15 is 0 Å². The number of nitrogens with zero attached hydrogens (tertiary/aromatic N) is 1. The van der Waals surface area contributed by atoms with Gasteiger partial charge in [-0.25, -0.2) is 0 Å². The van der Waals surface area contributed by atoms with E-state index in [1.165, 1.54) is 25.3 Å². The Morgan fingerprint density at radius 2 is 2.31 bits per heavy atom. The lowest BCUT2D eigenvalue weighted by atomic mass is 10.3. The first-order valence-corrected chi connectivity index (χ1v) is 5.54. The maximum absolute atomic E-state index is 10.9. The number of halogens is 1. The normalized spacial score (nSPS) is 9.88. The Bertz CT molecular complexity index is 424. The summed E-state index contributed by atoms with van der Waals surface area (Å²) in [6.45, 7) is 0. The molecule has 0 heterocycles. The van der Waals surface area contributed by atoms with Crippen molar-refractivity contribution in [3.63, 3.8) is 0 Å². The van der Waals surface area contributed by atoms with Crippen LogP contribution in [0.4, 0.5) is 5.69 Å². The average Bonchev–Trinajstić information content (AvgIpc) is 2.26. The number of benzene rings is 1. The molecule has 0 saturated heterocycles. The monoisotopic (exact) mass is 261 g/mol. The summed E-state index contributed by atoms with van der Waals surface area (Å²) in [4.78, 5) is 21.5. The first-order chi connectivity index (χ1) is 7.54. The second-order valence-electron chi connectivity index (χ2n) is 2.73. The van der Waals surface area contributed by atoms with Gasteiger partial charge in [-0.2, -0.15) is 0 Å². The second-order valence-corrected chi connectivity index (χ2v) is 4.19. The second kappa shape index (κ2) is 5.72. The zero-order chi connectivity index (χ0) is 12.1. The van der Waals surface area contributed by atoms with E-state index in [0.29, 0.717) is 4.90 Å². The van der Waals surface area contributed by atoms with Gasteiger partial charge < -0.3 is 4.74 Å². The molecule has 0 aromatic heterocycles. The molecular weight excluding hydrogens is 254 g/mol. The van der Waals surface area contributed by atoms with Gasteiger partial charge in [-0.15, -0.1) is 11.8 Å². The van der Waals surface area contributed by atoms with Crippen LogP contribution in [-0.2, 0) is 9.53 Å². The summed E-state index contributed by atoms with van der Waals surface area (Å²) >= 11 is 6.69. The van der Waals surface area contributed by atoms with Crippen molar-refractivity contribution in [2.24, 2.45) is 0 Å². The molecule has 1 aromatic carbocycles. The minimum absolute atomic E-state index is 0.0268. The number of esters is 1. The zero-order valence-electron chi connectivity index (χ0n) is 8.31. The van der Waals surface area contributed by atoms with Crippen molar-refractivity contribution in [2.75, 3.05) is 12.9 Å². The van der Waals surface area contributed by atoms with E-state index in [1.54, 1.807) is 0 Å². The molecule has 5 nitrogen and oxygen atoms in total. The average molecular weight is 262 g/mol. The summed E-state index contributed by atoms with van der Waals surface area (Å²) in [6, 6.07) is 4.30. The number of carbonyl (C=O) groups excluding carboxylic acids is 1. The van der Waals surface area contributed by atoms with Gasteiger partial charge in [0.1, 0.15) is 0 Å². The van der Waals surface area contributed by atoms with Crippen LogP contribution >= 0.6 is 23.4 Å². The molecule has 0 amide bonds. The minimum atomic E-state index is -0.536. The lowest BCUT2D eigenvalue weighted by molar-refractivity contribution is -0.387. The van der Waals surface area contributed by atoms with Gasteiger partial charge in [0.25, 0.3) is 5.69 Å². The van der Waals surface area contributed by atoms with Gasteiger partial charge in [-0.1, -0.05) is 11.6 Å². The Balaban J connectivity index is 2.87. The van der Waals surface area contributed by atoms with Crippen LogP contribution < -0.4 is 0 Å². The number of ether oxygens (including phenoxy) is 1. The first-order valence-electron chi connectivity index (χ1n) is 4.18. The smallest absolute Gasteiger partial charge is 0.315 e. The number of hydrogen-bond donors (Lipinski definition) is 0. The summed E-state index contributed by atoms with van der Waals surface area (Å²) in [5, 5.41) is 11.0. The summed E-state index contributed by atoms with van der Waals surface area (Å²) in [6.07, 6.45) is 0. The molecule has 0 saturated carbocycles. The van der Waals surface area contributed by atoms with Gasteiger partial charge >= 0.3 is 5.97 Å². The summed E-state index contributed by atoms with van der Waals surface area (Å²) < 4.78 is 4.44. The van der Waals surface area contributed by atoms with Gasteiger partial charge in [0, 0.05) is 11.1 Å². The third kappa shape index (κ3) is 3.39. The van der Waals surface area contributed by atoms with Crippen molar-refractivity contribution >= 4 is 35.0 Å². The Hall–Kier alpha value is -1.27. The van der Waals surface area contributed by atoms with Crippen molar-refractivity contribution in [2.45, 2.75) is 4.90 Å². The van der Waals surface area contributed by atoms with E-state index in [4.69, 9.17) is 11.6 Å². The van der Waals surface area contributed by atoms with Gasteiger partial charge in [-0.05, 0) is 12.1 Å². The fraction of sp³-hybridized carbons (Fsp3) is 0.222. The molecule has 1 rings (SSSR count). The number of hydrogen-bond acceptors (Lipinski definition) is 5. The molecule has 0 radical (unpaired) electrons. The Labute approximate surface area is 101 Å². The topological polar surface area (TPSA) is 69.4 Å². The number of nitro benzene ring substituents is 1. The predicted molar refractivity (Wildman–Crippen MR) is 60.8 cm³/mol. The highest BCUT2D eigenvalue weighted by molar-refractivity contribution is 8.00. The molecular formula is C9H8ClNO4S. The molecule has 0 aliphatic carbocycles. The number of nitro groups is 1.